The smallest absolute Gasteiger partial charge is 0.226 e. The van der Waals surface area contributed by atoms with Gasteiger partial charge in [0.1, 0.15) is 0 Å². The van der Waals surface area contributed by atoms with Crippen molar-refractivity contribution in [2.24, 2.45) is 0 Å². The van der Waals surface area contributed by atoms with Gasteiger partial charge in [-0.2, -0.15) is 4.98 Å². The summed E-state index contributed by atoms with van der Waals surface area (Å²) in [5.74, 6) is 2.19. The molecule has 0 spiro atoms. The fourth-order valence-electron chi connectivity index (χ4n) is 2.75. The van der Waals surface area contributed by atoms with Crippen LogP contribution in [-0.4, -0.2) is 15.1 Å². The molecule has 0 aliphatic heterocycles. The Labute approximate surface area is 122 Å². The van der Waals surface area contributed by atoms with Crippen molar-refractivity contribution in [1.82, 2.24) is 15.1 Å². The van der Waals surface area contributed by atoms with Crippen LogP contribution in [0.1, 0.15) is 61.9 Å². The van der Waals surface area contributed by atoms with Gasteiger partial charge in [-0.15, -0.1) is 11.3 Å². The zero-order valence-corrected chi connectivity index (χ0v) is 12.4. The fraction of sp³-hybridized carbons (Fsp3) is 0.643. The van der Waals surface area contributed by atoms with Gasteiger partial charge in [-0.05, 0) is 25.7 Å². The van der Waals surface area contributed by atoms with E-state index in [1.165, 1.54) is 43.4 Å². The molecule has 108 valence electrons. The Balaban J connectivity index is 1.49. The van der Waals surface area contributed by atoms with Crippen molar-refractivity contribution < 1.29 is 4.52 Å². The van der Waals surface area contributed by atoms with Crippen LogP contribution in [0, 0.1) is 0 Å². The second-order valence-electron chi connectivity index (χ2n) is 5.41. The summed E-state index contributed by atoms with van der Waals surface area (Å²) in [6.07, 6.45) is 9.03. The topological polar surface area (TPSA) is 77.8 Å². The molecular weight excluding hydrogens is 272 g/mol. The quantitative estimate of drug-likeness (QED) is 0.914. The molecule has 5 nitrogen and oxygen atoms in total. The van der Waals surface area contributed by atoms with E-state index in [-0.39, 0.29) is 0 Å². The lowest BCUT2D eigenvalue weighted by Gasteiger charge is -2.17. The summed E-state index contributed by atoms with van der Waals surface area (Å²) in [5.41, 5.74) is 6.67. The second-order valence-corrected chi connectivity index (χ2v) is 6.30. The van der Waals surface area contributed by atoms with E-state index >= 15 is 0 Å². The lowest BCUT2D eigenvalue weighted by molar-refractivity contribution is 0.356. The molecule has 0 atom stereocenters. The lowest BCUT2D eigenvalue weighted by Crippen LogP contribution is -2.06. The van der Waals surface area contributed by atoms with Crippen LogP contribution in [0.5, 0.6) is 0 Å². The van der Waals surface area contributed by atoms with Crippen LogP contribution in [0.3, 0.4) is 0 Å². The van der Waals surface area contributed by atoms with Gasteiger partial charge in [-0.3, -0.25) is 0 Å². The number of thiazole rings is 1. The Morgan fingerprint density at radius 1 is 1.20 bits per heavy atom. The van der Waals surface area contributed by atoms with Gasteiger partial charge in [-0.25, -0.2) is 4.98 Å². The van der Waals surface area contributed by atoms with Gasteiger partial charge in [0.25, 0.3) is 0 Å². The van der Waals surface area contributed by atoms with Crippen LogP contribution >= 0.6 is 11.3 Å². The maximum absolute atomic E-state index is 5.61. The first-order chi connectivity index (χ1) is 9.81. The number of anilines is 1. The molecule has 1 aliphatic rings. The van der Waals surface area contributed by atoms with Gasteiger partial charge in [0, 0.05) is 17.7 Å². The number of nitrogens with two attached hydrogens (primary N) is 1. The van der Waals surface area contributed by atoms with Gasteiger partial charge in [0.2, 0.25) is 5.89 Å². The number of hydrogen-bond donors (Lipinski definition) is 1. The third-order valence-corrected chi connectivity index (χ3v) is 4.57. The molecule has 1 fully saturated rings. The van der Waals surface area contributed by atoms with Crippen LogP contribution < -0.4 is 5.73 Å². The first kappa shape index (κ1) is 13.5. The Hall–Kier alpha value is -1.43. The summed E-state index contributed by atoms with van der Waals surface area (Å²) in [6, 6.07) is 0. The standard InChI is InChI=1S/C14H20N4OS/c15-14-16-11(9-20-14)7-4-8-12-17-13(18-19-12)10-5-2-1-3-6-10/h9-10H,1-8H2,(H2,15,16). The maximum Gasteiger partial charge on any atom is 0.226 e. The summed E-state index contributed by atoms with van der Waals surface area (Å²) in [6.45, 7) is 0. The second kappa shape index (κ2) is 6.35. The number of hydrogen-bond acceptors (Lipinski definition) is 6. The van der Waals surface area contributed by atoms with Crippen molar-refractivity contribution in [3.63, 3.8) is 0 Å². The largest absolute Gasteiger partial charge is 0.375 e. The van der Waals surface area contributed by atoms with Crippen molar-refractivity contribution in [3.8, 4) is 0 Å². The fourth-order valence-corrected chi connectivity index (χ4v) is 3.35. The van der Waals surface area contributed by atoms with Crippen molar-refractivity contribution in [3.05, 3.63) is 22.8 Å². The van der Waals surface area contributed by atoms with E-state index in [0.717, 1.165) is 36.7 Å². The first-order valence-electron chi connectivity index (χ1n) is 7.33. The van der Waals surface area contributed by atoms with Crippen LogP contribution in [0.2, 0.25) is 0 Å². The number of nitrogens with zero attached hydrogens (tertiary/aromatic N) is 3. The Kier molecular flexibility index (Phi) is 4.30. The molecule has 20 heavy (non-hydrogen) atoms. The van der Waals surface area contributed by atoms with E-state index in [2.05, 4.69) is 15.1 Å². The Bertz CT molecular complexity index is 545. The van der Waals surface area contributed by atoms with E-state index in [1.807, 2.05) is 5.38 Å². The van der Waals surface area contributed by atoms with E-state index in [9.17, 15) is 0 Å². The molecule has 0 amide bonds. The van der Waals surface area contributed by atoms with E-state index < -0.39 is 0 Å². The van der Waals surface area contributed by atoms with Crippen LogP contribution in [-0.2, 0) is 12.8 Å². The zero-order chi connectivity index (χ0) is 13.8. The monoisotopic (exact) mass is 292 g/mol. The van der Waals surface area contributed by atoms with Crippen molar-refractivity contribution in [2.75, 3.05) is 5.73 Å². The molecule has 0 saturated heterocycles. The van der Waals surface area contributed by atoms with Crippen molar-refractivity contribution in [2.45, 2.75) is 57.3 Å². The summed E-state index contributed by atoms with van der Waals surface area (Å²) < 4.78 is 5.36. The Morgan fingerprint density at radius 2 is 2.05 bits per heavy atom. The molecule has 2 aromatic heterocycles. The predicted molar refractivity (Wildman–Crippen MR) is 78.7 cm³/mol. The summed E-state index contributed by atoms with van der Waals surface area (Å²) in [5, 5.41) is 6.80. The summed E-state index contributed by atoms with van der Waals surface area (Å²) >= 11 is 1.49. The SMILES string of the molecule is Nc1nc(CCCc2nc(C3CCCCC3)no2)cs1. The predicted octanol–water partition coefficient (Wildman–Crippen LogP) is 3.33. The third kappa shape index (κ3) is 3.36. The molecule has 0 bridgehead atoms. The van der Waals surface area contributed by atoms with Crippen LogP contribution in [0.15, 0.2) is 9.90 Å². The van der Waals surface area contributed by atoms with Gasteiger partial charge in [-0.1, -0.05) is 24.4 Å². The molecule has 0 aromatic carbocycles. The minimum Gasteiger partial charge on any atom is -0.375 e. The average molecular weight is 292 g/mol. The number of aromatic nitrogens is 3. The highest BCUT2D eigenvalue weighted by Gasteiger charge is 2.20. The highest BCUT2D eigenvalue weighted by atomic mass is 32.1. The Morgan fingerprint density at radius 3 is 2.80 bits per heavy atom. The van der Waals surface area contributed by atoms with Gasteiger partial charge in [0.15, 0.2) is 11.0 Å². The molecule has 0 radical (unpaired) electrons. The van der Waals surface area contributed by atoms with Gasteiger partial charge < -0.3 is 10.3 Å². The minimum absolute atomic E-state index is 0.514. The molecular formula is C14H20N4OS. The molecule has 6 heteroatoms. The highest BCUT2D eigenvalue weighted by molar-refractivity contribution is 7.13. The van der Waals surface area contributed by atoms with E-state index in [0.29, 0.717) is 11.0 Å². The highest BCUT2D eigenvalue weighted by Crippen LogP contribution is 2.30. The molecule has 3 rings (SSSR count). The van der Waals surface area contributed by atoms with Crippen molar-refractivity contribution in [1.29, 1.82) is 0 Å². The molecule has 1 aliphatic carbocycles. The zero-order valence-electron chi connectivity index (χ0n) is 11.5. The van der Waals surface area contributed by atoms with Gasteiger partial charge in [0.05, 0.1) is 5.69 Å². The van der Waals surface area contributed by atoms with Crippen LogP contribution in [0.4, 0.5) is 5.13 Å². The number of nitrogen functional groups attached to an aromatic ring is 1. The summed E-state index contributed by atoms with van der Waals surface area (Å²) in [7, 11) is 0. The van der Waals surface area contributed by atoms with Gasteiger partial charge >= 0.3 is 0 Å². The first-order valence-corrected chi connectivity index (χ1v) is 8.21. The normalized spacial score (nSPS) is 16.6. The molecule has 2 aromatic rings. The molecule has 0 unspecified atom stereocenters. The van der Waals surface area contributed by atoms with E-state index in [4.69, 9.17) is 10.3 Å². The molecule has 2 N–H and O–H groups in total. The minimum atomic E-state index is 0.514. The molecule has 2 heterocycles. The lowest BCUT2D eigenvalue weighted by atomic mass is 9.89. The average Bonchev–Trinajstić information content (AvgIpc) is 3.09. The summed E-state index contributed by atoms with van der Waals surface area (Å²) in [4.78, 5) is 8.80. The maximum atomic E-state index is 5.61. The van der Waals surface area contributed by atoms with Crippen molar-refractivity contribution >= 4 is 16.5 Å². The van der Waals surface area contributed by atoms with E-state index in [1.54, 1.807) is 0 Å². The number of rotatable bonds is 5. The van der Waals surface area contributed by atoms with Crippen LogP contribution in [0.25, 0.3) is 0 Å². The number of aryl methyl sites for hydroxylation is 2. The third-order valence-electron chi connectivity index (χ3n) is 3.85. The molecule has 1 saturated carbocycles.